The predicted molar refractivity (Wildman–Crippen MR) is 98.9 cm³/mol. The maximum atomic E-state index is 9.85. The van der Waals surface area contributed by atoms with Crippen molar-refractivity contribution in [3.63, 3.8) is 0 Å². The first-order chi connectivity index (χ1) is 12.2. The molecule has 2 aliphatic heterocycles. The molecule has 6 heteroatoms. The molecular formula is C19H12BrN5. The molecule has 0 spiro atoms. The summed E-state index contributed by atoms with van der Waals surface area (Å²) in [5.41, 5.74) is 9.76. The number of halogens is 1. The largest absolute Gasteiger partial charge is 0.384 e. The fourth-order valence-corrected chi connectivity index (χ4v) is 3.56. The molecule has 0 bridgehead atoms. The SMILES string of the molecule is N#CC1=C(N)N2C(=C(C#N)C1c1ccc(Br)cc1)Nc1ccccc12. The Morgan fingerprint density at radius 2 is 1.68 bits per heavy atom. The standard InChI is InChI=1S/C19H12BrN5/c20-12-7-5-11(6-8-12)17-13(9-21)18(23)25-16-4-2-1-3-15(16)24-19(25)14(17)10-22/h1-8,17,24H,23H2. The van der Waals surface area contributed by atoms with Gasteiger partial charge in [-0.05, 0) is 29.8 Å². The molecule has 0 amide bonds. The minimum atomic E-state index is -0.490. The molecule has 0 aromatic heterocycles. The lowest BCUT2D eigenvalue weighted by Crippen LogP contribution is -2.34. The summed E-state index contributed by atoms with van der Waals surface area (Å²) in [6, 6.07) is 19.7. The van der Waals surface area contributed by atoms with Crippen LogP contribution in [0.5, 0.6) is 0 Å². The molecule has 0 fully saturated rings. The van der Waals surface area contributed by atoms with Crippen LogP contribution in [0.1, 0.15) is 11.5 Å². The zero-order valence-corrected chi connectivity index (χ0v) is 14.6. The highest BCUT2D eigenvalue weighted by molar-refractivity contribution is 9.10. The van der Waals surface area contributed by atoms with E-state index in [1.165, 1.54) is 0 Å². The van der Waals surface area contributed by atoms with E-state index in [4.69, 9.17) is 5.73 Å². The summed E-state index contributed by atoms with van der Waals surface area (Å²) in [6.45, 7) is 0. The number of benzene rings is 2. The van der Waals surface area contributed by atoms with Crippen LogP contribution in [-0.2, 0) is 0 Å². The number of fused-ring (bicyclic) bond motifs is 3. The Morgan fingerprint density at radius 1 is 1.00 bits per heavy atom. The number of allylic oxidation sites excluding steroid dienone is 2. The number of nitrogens with two attached hydrogens (primary N) is 1. The van der Waals surface area contributed by atoms with E-state index in [9.17, 15) is 10.5 Å². The Kier molecular flexibility index (Phi) is 3.49. The van der Waals surface area contributed by atoms with Crippen LogP contribution in [0.15, 0.2) is 75.8 Å². The van der Waals surface area contributed by atoms with E-state index in [0.29, 0.717) is 22.8 Å². The first kappa shape index (κ1) is 15.3. The second-order valence-corrected chi connectivity index (χ2v) is 6.66. The number of rotatable bonds is 1. The van der Waals surface area contributed by atoms with Gasteiger partial charge in [-0.25, -0.2) is 0 Å². The molecule has 1 unspecified atom stereocenters. The van der Waals surface area contributed by atoms with E-state index in [-0.39, 0.29) is 0 Å². The Labute approximate surface area is 153 Å². The Hall–Kier alpha value is -3.22. The molecule has 1 atom stereocenters. The lowest BCUT2D eigenvalue weighted by Gasteiger charge is -2.31. The molecule has 25 heavy (non-hydrogen) atoms. The predicted octanol–water partition coefficient (Wildman–Crippen LogP) is 3.91. The van der Waals surface area contributed by atoms with Crippen molar-refractivity contribution in [1.29, 1.82) is 10.5 Å². The van der Waals surface area contributed by atoms with Crippen LogP contribution in [0.2, 0.25) is 0 Å². The van der Waals surface area contributed by atoms with Crippen LogP contribution in [-0.4, -0.2) is 0 Å². The zero-order valence-electron chi connectivity index (χ0n) is 13.0. The van der Waals surface area contributed by atoms with Gasteiger partial charge in [0.05, 0.1) is 40.6 Å². The lowest BCUT2D eigenvalue weighted by molar-refractivity contribution is 0.868. The van der Waals surface area contributed by atoms with Crippen molar-refractivity contribution in [2.24, 2.45) is 5.73 Å². The van der Waals surface area contributed by atoms with Crippen LogP contribution in [0.25, 0.3) is 0 Å². The molecule has 0 radical (unpaired) electrons. The molecular weight excluding hydrogens is 378 g/mol. The highest BCUT2D eigenvalue weighted by Gasteiger charge is 2.39. The lowest BCUT2D eigenvalue weighted by atomic mass is 9.83. The van der Waals surface area contributed by atoms with Crippen LogP contribution in [0.4, 0.5) is 11.4 Å². The first-order valence-corrected chi connectivity index (χ1v) is 8.40. The molecule has 0 saturated heterocycles. The minimum absolute atomic E-state index is 0.349. The van der Waals surface area contributed by atoms with Crippen LogP contribution in [0, 0.1) is 22.7 Å². The van der Waals surface area contributed by atoms with Crippen molar-refractivity contribution < 1.29 is 0 Å². The van der Waals surface area contributed by atoms with Crippen molar-refractivity contribution >= 4 is 27.3 Å². The summed E-state index contributed by atoms with van der Waals surface area (Å²) in [5, 5.41) is 22.9. The molecule has 120 valence electrons. The molecule has 2 aromatic rings. The minimum Gasteiger partial charge on any atom is -0.384 e. The summed E-state index contributed by atoms with van der Waals surface area (Å²) >= 11 is 3.41. The van der Waals surface area contributed by atoms with Gasteiger partial charge >= 0.3 is 0 Å². The quantitative estimate of drug-likeness (QED) is 0.771. The van der Waals surface area contributed by atoms with Gasteiger partial charge in [0.1, 0.15) is 11.6 Å². The monoisotopic (exact) mass is 389 g/mol. The zero-order chi connectivity index (χ0) is 17.6. The van der Waals surface area contributed by atoms with Gasteiger partial charge in [0.15, 0.2) is 0 Å². The number of para-hydroxylation sites is 2. The fraction of sp³-hybridized carbons (Fsp3) is 0.0526. The number of hydrogen-bond donors (Lipinski definition) is 2. The molecule has 2 aliphatic rings. The number of nitrogens with one attached hydrogen (secondary N) is 1. The molecule has 0 aliphatic carbocycles. The Balaban J connectivity index is 1.96. The van der Waals surface area contributed by atoms with E-state index < -0.39 is 5.92 Å². The van der Waals surface area contributed by atoms with Crippen molar-refractivity contribution in [3.8, 4) is 12.1 Å². The number of hydrogen-bond acceptors (Lipinski definition) is 5. The third kappa shape index (κ3) is 2.20. The smallest absolute Gasteiger partial charge is 0.131 e. The molecule has 0 saturated carbocycles. The fourth-order valence-electron chi connectivity index (χ4n) is 3.29. The second kappa shape index (κ2) is 5.70. The summed E-state index contributed by atoms with van der Waals surface area (Å²) < 4.78 is 0.932. The number of nitriles is 2. The summed E-state index contributed by atoms with van der Waals surface area (Å²) in [6.07, 6.45) is 0. The van der Waals surface area contributed by atoms with Gasteiger partial charge in [-0.3, -0.25) is 4.90 Å². The van der Waals surface area contributed by atoms with Crippen molar-refractivity contribution in [2.45, 2.75) is 5.92 Å². The molecule has 5 nitrogen and oxygen atoms in total. The molecule has 2 heterocycles. The third-order valence-corrected chi connectivity index (χ3v) is 4.94. The van der Waals surface area contributed by atoms with Gasteiger partial charge < -0.3 is 11.1 Å². The molecule has 3 N–H and O–H groups in total. The van der Waals surface area contributed by atoms with E-state index in [2.05, 4.69) is 33.4 Å². The van der Waals surface area contributed by atoms with Gasteiger partial charge in [0, 0.05) is 4.47 Å². The van der Waals surface area contributed by atoms with Gasteiger partial charge in [-0.2, -0.15) is 10.5 Å². The maximum Gasteiger partial charge on any atom is 0.131 e. The molecule has 4 rings (SSSR count). The van der Waals surface area contributed by atoms with Crippen LogP contribution >= 0.6 is 15.9 Å². The normalized spacial score (nSPS) is 18.2. The first-order valence-electron chi connectivity index (χ1n) is 7.61. The van der Waals surface area contributed by atoms with E-state index in [1.54, 1.807) is 4.90 Å². The average molecular weight is 390 g/mol. The summed E-state index contributed by atoms with van der Waals surface area (Å²) in [5.74, 6) is 0.478. The van der Waals surface area contributed by atoms with Gasteiger partial charge in [-0.1, -0.05) is 40.2 Å². The highest BCUT2D eigenvalue weighted by atomic mass is 79.9. The summed E-state index contributed by atoms with van der Waals surface area (Å²) in [4.78, 5) is 1.75. The number of anilines is 2. The van der Waals surface area contributed by atoms with E-state index in [1.807, 2.05) is 48.5 Å². The van der Waals surface area contributed by atoms with E-state index in [0.717, 1.165) is 21.4 Å². The topological polar surface area (TPSA) is 88.9 Å². The van der Waals surface area contributed by atoms with Crippen molar-refractivity contribution in [1.82, 2.24) is 0 Å². The molecule has 2 aromatic carbocycles. The van der Waals surface area contributed by atoms with Crippen molar-refractivity contribution in [2.75, 3.05) is 10.2 Å². The number of nitrogens with zero attached hydrogens (tertiary/aromatic N) is 3. The Morgan fingerprint density at radius 3 is 2.36 bits per heavy atom. The van der Waals surface area contributed by atoms with E-state index >= 15 is 0 Å². The highest BCUT2D eigenvalue weighted by Crippen LogP contribution is 2.47. The van der Waals surface area contributed by atoms with Crippen LogP contribution < -0.4 is 16.0 Å². The van der Waals surface area contributed by atoms with Gasteiger partial charge in [0.25, 0.3) is 0 Å². The second-order valence-electron chi connectivity index (χ2n) is 5.75. The maximum absolute atomic E-state index is 9.85. The average Bonchev–Trinajstić information content (AvgIpc) is 3.02. The van der Waals surface area contributed by atoms with Crippen LogP contribution in [0.3, 0.4) is 0 Å². The summed E-state index contributed by atoms with van der Waals surface area (Å²) in [7, 11) is 0. The van der Waals surface area contributed by atoms with Crippen molar-refractivity contribution in [3.05, 3.63) is 81.4 Å². The Bertz CT molecular complexity index is 1020. The van der Waals surface area contributed by atoms with Gasteiger partial charge in [-0.15, -0.1) is 0 Å². The van der Waals surface area contributed by atoms with Gasteiger partial charge in [0.2, 0.25) is 0 Å². The third-order valence-electron chi connectivity index (χ3n) is 4.42.